The molecule has 0 N–H and O–H groups in total. The normalized spacial score (nSPS) is 12.7. The summed E-state index contributed by atoms with van der Waals surface area (Å²) in [6.07, 6.45) is 5.66. The Morgan fingerprint density at radius 1 is 1.06 bits per heavy atom. The molecule has 0 amide bonds. The summed E-state index contributed by atoms with van der Waals surface area (Å²) in [5.74, 6) is 0.245. The third-order valence-electron chi connectivity index (χ3n) is 6.28. The minimum absolute atomic E-state index is 0.0577. The predicted octanol–water partition coefficient (Wildman–Crippen LogP) is 5.45. The fourth-order valence-electron chi connectivity index (χ4n) is 4.56. The number of aromatic nitrogens is 5. The second-order valence-corrected chi connectivity index (χ2v) is 8.77. The predicted molar refractivity (Wildman–Crippen MR) is 132 cm³/mol. The SMILES string of the molecule is Cn1cnnc1-c1ccc(-c2ccc3ncc(C#N)c(N4CCc5cc(F)c(Cl)cc54)c3c2)cn1. The van der Waals surface area contributed by atoms with Crippen LogP contribution in [0.2, 0.25) is 5.02 Å². The van der Waals surface area contributed by atoms with E-state index in [0.29, 0.717) is 24.4 Å². The number of hydrogen-bond acceptors (Lipinski definition) is 6. The average Bonchev–Trinajstić information content (AvgIpc) is 3.49. The van der Waals surface area contributed by atoms with Crippen molar-refractivity contribution < 1.29 is 4.39 Å². The molecule has 7 nitrogen and oxygen atoms in total. The van der Waals surface area contributed by atoms with Crippen LogP contribution in [-0.2, 0) is 13.5 Å². The highest BCUT2D eigenvalue weighted by Crippen LogP contribution is 2.42. The van der Waals surface area contributed by atoms with E-state index in [1.54, 1.807) is 24.8 Å². The largest absolute Gasteiger partial charge is 0.339 e. The van der Waals surface area contributed by atoms with Crippen LogP contribution in [-0.4, -0.2) is 31.3 Å². The summed E-state index contributed by atoms with van der Waals surface area (Å²) >= 11 is 6.11. The first kappa shape index (κ1) is 21.2. The van der Waals surface area contributed by atoms with E-state index in [9.17, 15) is 9.65 Å². The molecule has 0 aliphatic carbocycles. The summed E-state index contributed by atoms with van der Waals surface area (Å²) in [6.45, 7) is 0.612. The van der Waals surface area contributed by atoms with Gasteiger partial charge in [0.15, 0.2) is 5.82 Å². The van der Waals surface area contributed by atoms with Gasteiger partial charge in [-0.15, -0.1) is 10.2 Å². The lowest BCUT2D eigenvalue weighted by atomic mass is 10.0. The third-order valence-corrected chi connectivity index (χ3v) is 6.57. The van der Waals surface area contributed by atoms with Gasteiger partial charge in [-0.05, 0) is 47.9 Å². The van der Waals surface area contributed by atoms with Gasteiger partial charge in [0.25, 0.3) is 0 Å². The molecule has 0 radical (unpaired) electrons. The molecule has 0 saturated heterocycles. The van der Waals surface area contributed by atoms with Crippen LogP contribution in [0.1, 0.15) is 11.1 Å². The Kier molecular flexibility index (Phi) is 4.94. The molecule has 9 heteroatoms. The average molecular weight is 482 g/mol. The molecule has 1 aliphatic rings. The van der Waals surface area contributed by atoms with Crippen LogP contribution in [0.5, 0.6) is 0 Å². The molecular weight excluding hydrogens is 465 g/mol. The number of benzene rings is 2. The number of fused-ring (bicyclic) bond motifs is 2. The highest BCUT2D eigenvalue weighted by Gasteiger charge is 2.26. The monoisotopic (exact) mass is 481 g/mol. The Hall–Kier alpha value is -4.35. The van der Waals surface area contributed by atoms with E-state index >= 15 is 0 Å². The van der Waals surface area contributed by atoms with E-state index in [4.69, 9.17) is 11.6 Å². The van der Waals surface area contributed by atoms with Crippen molar-refractivity contribution in [2.45, 2.75) is 6.42 Å². The standard InChI is InChI=1S/C26H17ClFN7/c1-34-14-32-33-26(34)23-5-3-17(12-31-23)15-2-4-22-19(8-15)25(18(11-29)13-30-22)35-7-6-16-9-21(28)20(27)10-24(16)35/h2-5,8-10,12-14H,6-7H2,1H3. The van der Waals surface area contributed by atoms with Crippen molar-refractivity contribution in [1.29, 1.82) is 5.26 Å². The van der Waals surface area contributed by atoms with Crippen LogP contribution in [0.25, 0.3) is 33.5 Å². The summed E-state index contributed by atoms with van der Waals surface area (Å²) in [6, 6.07) is 15.2. The van der Waals surface area contributed by atoms with Gasteiger partial charge in [-0.3, -0.25) is 9.97 Å². The first-order valence-electron chi connectivity index (χ1n) is 10.9. The molecule has 1 aliphatic heterocycles. The van der Waals surface area contributed by atoms with Crippen molar-refractivity contribution in [2.24, 2.45) is 7.05 Å². The maximum absolute atomic E-state index is 14.1. The van der Waals surface area contributed by atoms with E-state index in [1.807, 2.05) is 46.8 Å². The zero-order valence-corrected chi connectivity index (χ0v) is 19.3. The van der Waals surface area contributed by atoms with Crippen molar-refractivity contribution in [3.8, 4) is 28.7 Å². The van der Waals surface area contributed by atoms with E-state index < -0.39 is 5.82 Å². The summed E-state index contributed by atoms with van der Waals surface area (Å²) < 4.78 is 15.9. The minimum atomic E-state index is -0.438. The molecule has 0 atom stereocenters. The zero-order valence-electron chi connectivity index (χ0n) is 18.6. The fraction of sp³-hybridized carbons (Fsp3) is 0.115. The highest BCUT2D eigenvalue weighted by molar-refractivity contribution is 6.31. The van der Waals surface area contributed by atoms with Gasteiger partial charge in [-0.1, -0.05) is 23.7 Å². The number of nitrogens with zero attached hydrogens (tertiary/aromatic N) is 7. The molecule has 35 heavy (non-hydrogen) atoms. The molecule has 0 spiro atoms. The maximum Gasteiger partial charge on any atom is 0.182 e. The molecule has 6 rings (SSSR count). The molecule has 2 aromatic carbocycles. The van der Waals surface area contributed by atoms with Gasteiger partial charge in [0.2, 0.25) is 0 Å². The summed E-state index contributed by atoms with van der Waals surface area (Å²) in [4.78, 5) is 11.1. The third kappa shape index (κ3) is 3.49. The van der Waals surface area contributed by atoms with Crippen LogP contribution in [0.15, 0.2) is 61.2 Å². The maximum atomic E-state index is 14.1. The Morgan fingerprint density at radius 2 is 1.91 bits per heavy atom. The van der Waals surface area contributed by atoms with Crippen LogP contribution in [0.4, 0.5) is 15.8 Å². The van der Waals surface area contributed by atoms with Crippen molar-refractivity contribution in [3.05, 3.63) is 83.2 Å². The number of nitriles is 1. The van der Waals surface area contributed by atoms with Gasteiger partial charge in [0.05, 0.1) is 21.8 Å². The number of aryl methyl sites for hydroxylation is 1. The lowest BCUT2D eigenvalue weighted by molar-refractivity contribution is 0.627. The summed E-state index contributed by atoms with van der Waals surface area (Å²) in [5.41, 5.74) is 6.18. The Balaban J connectivity index is 1.48. The number of pyridine rings is 2. The van der Waals surface area contributed by atoms with Crippen molar-refractivity contribution in [1.82, 2.24) is 24.7 Å². The summed E-state index contributed by atoms with van der Waals surface area (Å²) in [7, 11) is 1.87. The number of hydrogen-bond donors (Lipinski definition) is 0. The zero-order chi connectivity index (χ0) is 24.1. The quantitative estimate of drug-likeness (QED) is 0.340. The van der Waals surface area contributed by atoms with E-state index in [2.05, 4.69) is 26.2 Å². The fourth-order valence-corrected chi connectivity index (χ4v) is 4.71. The van der Waals surface area contributed by atoms with Gasteiger partial charge in [-0.25, -0.2) is 4.39 Å². The molecular formula is C26H17ClFN7. The van der Waals surface area contributed by atoms with E-state index in [-0.39, 0.29) is 5.02 Å². The summed E-state index contributed by atoms with van der Waals surface area (Å²) in [5, 5.41) is 18.8. The second kappa shape index (κ2) is 8.15. The molecule has 0 fully saturated rings. The first-order chi connectivity index (χ1) is 17.0. The van der Waals surface area contributed by atoms with Gasteiger partial charge in [0, 0.05) is 42.6 Å². The van der Waals surface area contributed by atoms with Gasteiger partial charge in [0.1, 0.15) is 23.9 Å². The molecule has 0 unspecified atom stereocenters. The van der Waals surface area contributed by atoms with Crippen LogP contribution >= 0.6 is 11.6 Å². The van der Waals surface area contributed by atoms with Gasteiger partial charge < -0.3 is 9.47 Å². The topological polar surface area (TPSA) is 83.5 Å². The minimum Gasteiger partial charge on any atom is -0.339 e. The molecule has 5 aromatic rings. The molecule has 170 valence electrons. The van der Waals surface area contributed by atoms with Gasteiger partial charge >= 0.3 is 0 Å². The van der Waals surface area contributed by atoms with Gasteiger partial charge in [-0.2, -0.15) is 5.26 Å². The lowest BCUT2D eigenvalue weighted by Crippen LogP contribution is -2.15. The smallest absolute Gasteiger partial charge is 0.182 e. The Morgan fingerprint density at radius 3 is 2.66 bits per heavy atom. The first-order valence-corrected chi connectivity index (χ1v) is 11.3. The van der Waals surface area contributed by atoms with Crippen molar-refractivity contribution in [2.75, 3.05) is 11.4 Å². The molecule has 4 heterocycles. The van der Waals surface area contributed by atoms with E-state index in [1.165, 1.54) is 6.07 Å². The van der Waals surface area contributed by atoms with Crippen LogP contribution < -0.4 is 4.90 Å². The van der Waals surface area contributed by atoms with Crippen molar-refractivity contribution in [3.63, 3.8) is 0 Å². The Bertz CT molecular complexity index is 1650. The second-order valence-electron chi connectivity index (χ2n) is 8.36. The number of anilines is 2. The number of halogens is 2. The molecule has 0 saturated carbocycles. The highest BCUT2D eigenvalue weighted by atomic mass is 35.5. The molecule has 3 aromatic heterocycles. The van der Waals surface area contributed by atoms with Crippen LogP contribution in [0, 0.1) is 17.1 Å². The van der Waals surface area contributed by atoms with Crippen LogP contribution in [0.3, 0.4) is 0 Å². The Labute approximate surface area is 205 Å². The van der Waals surface area contributed by atoms with E-state index in [0.717, 1.165) is 44.7 Å². The lowest BCUT2D eigenvalue weighted by Gasteiger charge is -2.23. The van der Waals surface area contributed by atoms with Crippen molar-refractivity contribution >= 4 is 33.9 Å². The number of rotatable bonds is 3. The molecule has 0 bridgehead atoms.